The van der Waals surface area contributed by atoms with E-state index in [0.717, 1.165) is 4.90 Å². The lowest BCUT2D eigenvalue weighted by atomic mass is 9.60. The van der Waals surface area contributed by atoms with Gasteiger partial charge in [0.1, 0.15) is 11.5 Å². The number of rotatable bonds is 5. The zero-order chi connectivity index (χ0) is 26.1. The van der Waals surface area contributed by atoms with E-state index in [1.54, 1.807) is 43.3 Å². The number of aliphatic hydroxyl groups excluding tert-OH is 2. The minimum absolute atomic E-state index is 0.0524. The summed E-state index contributed by atoms with van der Waals surface area (Å²) < 4.78 is 10.7. The highest BCUT2D eigenvalue weighted by Crippen LogP contribution is 2.50. The number of hydrazone groups is 1. The van der Waals surface area contributed by atoms with E-state index in [9.17, 15) is 24.6 Å². The van der Waals surface area contributed by atoms with E-state index in [4.69, 9.17) is 9.47 Å². The van der Waals surface area contributed by atoms with Gasteiger partial charge in [-0.25, -0.2) is 15.1 Å². The van der Waals surface area contributed by atoms with E-state index >= 15 is 0 Å². The maximum absolute atomic E-state index is 13.7. The second kappa shape index (κ2) is 10.3. The monoisotopic (exact) mass is 507 g/mol. The standard InChI is InChI=1S/C27H29N3O7/c1-2-36-27(35)29-28-20-14-21(31)24(32)22-18(20)11-12-19-23(22)26(34)30(25(19)33)15-7-6-10-17(13-15)37-16-8-4-3-5-9-16/h3-10,13,18-19,21-24,31-32H,2,11-12,14H2,1H3,(H,29,35)/b28-20+/t18-,19-,21-,22+,23-,24-/m1/s1. The number of amides is 3. The van der Waals surface area contributed by atoms with E-state index in [1.807, 2.05) is 18.2 Å². The smallest absolute Gasteiger partial charge is 0.427 e. The molecule has 1 aliphatic heterocycles. The summed E-state index contributed by atoms with van der Waals surface area (Å²) in [4.78, 5) is 40.1. The third-order valence-electron chi connectivity index (χ3n) is 7.40. The van der Waals surface area contributed by atoms with Gasteiger partial charge in [-0.3, -0.25) is 9.59 Å². The number of nitrogens with one attached hydrogen (secondary N) is 1. The number of nitrogens with zero attached hydrogens (tertiary/aromatic N) is 2. The summed E-state index contributed by atoms with van der Waals surface area (Å²) in [5.41, 5.74) is 3.19. The van der Waals surface area contributed by atoms with Gasteiger partial charge in [-0.1, -0.05) is 24.3 Å². The molecule has 194 valence electrons. The van der Waals surface area contributed by atoms with E-state index in [1.165, 1.54) is 0 Å². The molecule has 3 fully saturated rings. The van der Waals surface area contributed by atoms with Crippen LogP contribution in [0.4, 0.5) is 10.5 Å². The number of anilines is 1. The largest absolute Gasteiger partial charge is 0.457 e. The number of ether oxygens (including phenoxy) is 2. The molecule has 2 aromatic carbocycles. The van der Waals surface area contributed by atoms with Gasteiger partial charge in [-0.15, -0.1) is 0 Å². The first-order valence-electron chi connectivity index (χ1n) is 12.4. The molecular formula is C27H29N3O7. The second-order valence-corrected chi connectivity index (χ2v) is 9.52. The van der Waals surface area contributed by atoms with Crippen molar-refractivity contribution >= 4 is 29.3 Å². The van der Waals surface area contributed by atoms with Crippen molar-refractivity contribution < 1.29 is 34.1 Å². The number of fused-ring (bicyclic) bond motifs is 3. The first kappa shape index (κ1) is 24.9. The van der Waals surface area contributed by atoms with Crippen LogP contribution in [0.3, 0.4) is 0 Å². The molecule has 37 heavy (non-hydrogen) atoms. The lowest BCUT2D eigenvalue weighted by Crippen LogP contribution is -2.55. The van der Waals surface area contributed by atoms with Gasteiger partial charge in [-0.05, 0) is 44.0 Å². The van der Waals surface area contributed by atoms with Crippen LogP contribution in [0, 0.1) is 23.7 Å². The van der Waals surface area contributed by atoms with Crippen LogP contribution < -0.4 is 15.1 Å². The highest BCUT2D eigenvalue weighted by Gasteiger charge is 2.60. The molecule has 1 heterocycles. The number of imide groups is 1. The summed E-state index contributed by atoms with van der Waals surface area (Å²) in [6.45, 7) is 1.85. The van der Waals surface area contributed by atoms with Crippen LogP contribution >= 0.6 is 0 Å². The van der Waals surface area contributed by atoms with Crippen molar-refractivity contribution in [1.82, 2.24) is 5.43 Å². The molecule has 2 aliphatic carbocycles. The number of carbonyl (C=O) groups is 3. The fourth-order valence-corrected chi connectivity index (χ4v) is 5.84. The van der Waals surface area contributed by atoms with Crippen molar-refractivity contribution in [2.24, 2.45) is 28.8 Å². The van der Waals surface area contributed by atoms with Crippen LogP contribution in [0.5, 0.6) is 11.5 Å². The average molecular weight is 508 g/mol. The van der Waals surface area contributed by atoms with E-state index in [-0.39, 0.29) is 24.9 Å². The van der Waals surface area contributed by atoms with E-state index in [0.29, 0.717) is 35.7 Å². The van der Waals surface area contributed by atoms with Gasteiger partial charge in [0.25, 0.3) is 0 Å². The Kier molecular flexibility index (Phi) is 6.94. The highest BCUT2D eigenvalue weighted by molar-refractivity contribution is 6.22. The van der Waals surface area contributed by atoms with Gasteiger partial charge in [0.05, 0.1) is 36.3 Å². The Hall–Kier alpha value is -3.76. The first-order valence-corrected chi connectivity index (χ1v) is 12.4. The Morgan fingerprint density at radius 2 is 1.76 bits per heavy atom. The zero-order valence-corrected chi connectivity index (χ0v) is 20.3. The minimum atomic E-state index is -1.20. The summed E-state index contributed by atoms with van der Waals surface area (Å²) in [6, 6.07) is 15.9. The topological polar surface area (TPSA) is 138 Å². The van der Waals surface area contributed by atoms with Crippen LogP contribution in [0.15, 0.2) is 59.7 Å². The fourth-order valence-electron chi connectivity index (χ4n) is 5.84. The molecular weight excluding hydrogens is 478 g/mol. The number of aliphatic hydroxyl groups is 2. The molecule has 2 saturated carbocycles. The van der Waals surface area contributed by atoms with Crippen LogP contribution in [0.1, 0.15) is 26.2 Å². The lowest BCUT2D eigenvalue weighted by Gasteiger charge is -2.45. The van der Waals surface area contributed by atoms with Gasteiger partial charge in [0.2, 0.25) is 11.8 Å². The number of para-hydroxylation sites is 1. The van der Waals surface area contributed by atoms with Crippen molar-refractivity contribution in [3.05, 3.63) is 54.6 Å². The summed E-state index contributed by atoms with van der Waals surface area (Å²) in [5.74, 6) is -2.17. The third kappa shape index (κ3) is 4.70. The van der Waals surface area contributed by atoms with Crippen molar-refractivity contribution in [3.63, 3.8) is 0 Å². The summed E-state index contributed by atoms with van der Waals surface area (Å²) >= 11 is 0. The number of hydrogen-bond donors (Lipinski definition) is 3. The summed E-state index contributed by atoms with van der Waals surface area (Å²) in [7, 11) is 0. The van der Waals surface area contributed by atoms with Gasteiger partial charge >= 0.3 is 6.09 Å². The van der Waals surface area contributed by atoms with E-state index < -0.39 is 42.0 Å². The van der Waals surface area contributed by atoms with Crippen LogP contribution in [-0.4, -0.2) is 52.6 Å². The molecule has 0 aromatic heterocycles. The van der Waals surface area contributed by atoms with Gasteiger partial charge < -0.3 is 19.7 Å². The molecule has 6 atom stereocenters. The predicted molar refractivity (Wildman–Crippen MR) is 133 cm³/mol. The molecule has 10 heteroatoms. The molecule has 3 N–H and O–H groups in total. The number of hydrogen-bond acceptors (Lipinski definition) is 8. The predicted octanol–water partition coefficient (Wildman–Crippen LogP) is 2.84. The van der Waals surface area contributed by atoms with Crippen molar-refractivity contribution in [2.45, 2.75) is 38.4 Å². The quantitative estimate of drug-likeness (QED) is 0.418. The summed E-state index contributed by atoms with van der Waals surface area (Å²) in [5, 5.41) is 25.7. The van der Waals surface area contributed by atoms with Gasteiger partial charge in [0, 0.05) is 30.0 Å². The van der Waals surface area contributed by atoms with E-state index in [2.05, 4.69) is 10.5 Å². The van der Waals surface area contributed by atoms with Crippen LogP contribution in [-0.2, 0) is 14.3 Å². The Morgan fingerprint density at radius 1 is 1.03 bits per heavy atom. The Morgan fingerprint density at radius 3 is 2.51 bits per heavy atom. The molecule has 5 rings (SSSR count). The molecule has 10 nitrogen and oxygen atoms in total. The van der Waals surface area contributed by atoms with Crippen molar-refractivity contribution in [3.8, 4) is 11.5 Å². The second-order valence-electron chi connectivity index (χ2n) is 9.52. The van der Waals surface area contributed by atoms with Crippen molar-refractivity contribution in [2.75, 3.05) is 11.5 Å². The third-order valence-corrected chi connectivity index (χ3v) is 7.40. The molecule has 0 bridgehead atoms. The Balaban J connectivity index is 1.41. The fraction of sp³-hybridized carbons (Fsp3) is 0.407. The van der Waals surface area contributed by atoms with Gasteiger partial charge in [-0.2, -0.15) is 5.10 Å². The molecule has 3 amide bonds. The Labute approximate surface area is 213 Å². The molecule has 2 aromatic rings. The normalized spacial score (nSPS) is 30.0. The maximum Gasteiger partial charge on any atom is 0.427 e. The molecule has 0 radical (unpaired) electrons. The molecule has 0 spiro atoms. The van der Waals surface area contributed by atoms with Crippen LogP contribution in [0.25, 0.3) is 0 Å². The van der Waals surface area contributed by atoms with Crippen LogP contribution in [0.2, 0.25) is 0 Å². The zero-order valence-electron chi connectivity index (χ0n) is 20.3. The SMILES string of the molecule is CCOC(=O)N/N=C1\C[C@@H](O)[C@@H](O)[C@@H]2[C@@H]3C(=O)N(c4cccc(Oc5ccccc5)c4)C(=O)[C@@H]3CC[C@H]12. The maximum atomic E-state index is 13.7. The first-order chi connectivity index (χ1) is 17.9. The minimum Gasteiger partial charge on any atom is -0.457 e. The molecule has 1 saturated heterocycles. The highest BCUT2D eigenvalue weighted by atomic mass is 16.5. The molecule has 0 unspecified atom stereocenters. The number of benzene rings is 2. The molecule has 3 aliphatic rings. The van der Waals surface area contributed by atoms with Crippen molar-refractivity contribution in [1.29, 1.82) is 0 Å². The summed E-state index contributed by atoms with van der Waals surface area (Å²) in [6.07, 6.45) is -2.14. The number of carbonyl (C=O) groups excluding carboxylic acids is 3. The Bertz CT molecular complexity index is 1220. The average Bonchev–Trinajstić information content (AvgIpc) is 3.15. The van der Waals surface area contributed by atoms with Gasteiger partial charge in [0.15, 0.2) is 0 Å². The lowest BCUT2D eigenvalue weighted by molar-refractivity contribution is -0.132.